The van der Waals surface area contributed by atoms with Crippen molar-refractivity contribution in [2.24, 2.45) is 29.6 Å². The Hall–Kier alpha value is -1.92. The maximum absolute atomic E-state index is 11.3. The molecule has 3 unspecified atom stereocenters. The first-order valence-electron chi connectivity index (χ1n) is 15.1. The van der Waals surface area contributed by atoms with Gasteiger partial charge in [-0.2, -0.15) is 0 Å². The van der Waals surface area contributed by atoms with Crippen LogP contribution < -0.4 is 0 Å². The molecule has 6 aliphatic carbocycles. The molecule has 0 amide bonds. The molecule has 2 aromatic carbocycles. The fourth-order valence-corrected chi connectivity index (χ4v) is 11.7. The number of benzene rings is 2. The summed E-state index contributed by atoms with van der Waals surface area (Å²) in [5, 5.41) is -0.541. The maximum atomic E-state index is 11.3. The zero-order chi connectivity index (χ0) is 34.1. The van der Waals surface area contributed by atoms with Gasteiger partial charge in [0.15, 0.2) is 0 Å². The highest BCUT2D eigenvalue weighted by molar-refractivity contribution is 7.87. The van der Waals surface area contributed by atoms with Crippen molar-refractivity contribution in [3.05, 3.63) is 60.2 Å². The fourth-order valence-electron chi connectivity index (χ4n) is 8.17. The topological polar surface area (TPSA) is 229 Å². The summed E-state index contributed by atoms with van der Waals surface area (Å²) in [6.45, 7) is 1.82. The van der Waals surface area contributed by atoms with E-state index < -0.39 is 50.5 Å². The molecule has 6 aliphatic rings. The molecule has 3 atom stereocenters. The lowest BCUT2D eigenvalue weighted by atomic mass is 9.56. The van der Waals surface area contributed by atoms with Gasteiger partial charge in [-0.05, 0) is 119 Å². The zero-order valence-electron chi connectivity index (χ0n) is 25.3. The van der Waals surface area contributed by atoms with Crippen molar-refractivity contribution in [1.82, 2.24) is 0 Å². The first-order valence-corrected chi connectivity index (χ1v) is 20.8. The van der Waals surface area contributed by atoms with Gasteiger partial charge in [0.1, 0.15) is 30.4 Å². The zero-order valence-corrected chi connectivity index (χ0v) is 28.5. The predicted molar refractivity (Wildman–Crippen MR) is 163 cm³/mol. The van der Waals surface area contributed by atoms with Crippen LogP contribution in [0.15, 0.2) is 64.4 Å². The van der Waals surface area contributed by atoms with Crippen LogP contribution in [0.3, 0.4) is 0 Å². The summed E-state index contributed by atoms with van der Waals surface area (Å²) in [5.74, 6) is 2.33. The average Bonchev–Trinajstić information content (AvgIpc) is 3.57. The lowest BCUT2D eigenvalue weighted by molar-refractivity contribution is 0.0299. The van der Waals surface area contributed by atoms with E-state index in [2.05, 4.69) is 0 Å². The molecular formula is C30H38O12S4-4. The third kappa shape index (κ3) is 9.36. The third-order valence-electron chi connectivity index (χ3n) is 9.90. The second-order valence-electron chi connectivity index (χ2n) is 13.3. The van der Waals surface area contributed by atoms with Crippen molar-refractivity contribution < 1.29 is 51.9 Å². The van der Waals surface area contributed by atoms with Crippen LogP contribution in [-0.4, -0.2) is 61.9 Å². The van der Waals surface area contributed by atoms with Crippen LogP contribution in [0.25, 0.3) is 0 Å². The Morgan fingerprint density at radius 3 is 1.33 bits per heavy atom. The van der Waals surface area contributed by atoms with E-state index in [1.807, 2.05) is 6.92 Å². The fraction of sp³-hybridized carbons (Fsp3) is 0.600. The van der Waals surface area contributed by atoms with Crippen LogP contribution in [0.4, 0.5) is 0 Å². The molecule has 2 aromatic rings. The van der Waals surface area contributed by atoms with E-state index >= 15 is 0 Å². The molecule has 0 spiro atoms. The van der Waals surface area contributed by atoms with Gasteiger partial charge >= 0.3 is 0 Å². The predicted octanol–water partition coefficient (Wildman–Crippen LogP) is 3.71. The van der Waals surface area contributed by atoms with Gasteiger partial charge in [-0.1, -0.05) is 42.3 Å². The van der Waals surface area contributed by atoms with E-state index in [1.165, 1.54) is 55.7 Å². The number of hydrogen-bond acceptors (Lipinski definition) is 12. The van der Waals surface area contributed by atoms with Crippen molar-refractivity contribution >= 4 is 40.5 Å². The minimum Gasteiger partial charge on any atom is -0.748 e. The summed E-state index contributed by atoms with van der Waals surface area (Å²) in [6, 6.07) is 13.0. The quantitative estimate of drug-likeness (QED) is 0.412. The van der Waals surface area contributed by atoms with Crippen molar-refractivity contribution in [2.45, 2.75) is 90.9 Å². The monoisotopic (exact) mass is 718 g/mol. The molecule has 6 saturated carbocycles. The number of rotatable bonds is 4. The molecule has 16 heteroatoms. The highest BCUT2D eigenvalue weighted by Crippen LogP contribution is 2.58. The molecule has 6 bridgehead atoms. The normalized spacial score (nSPS) is 31.1. The smallest absolute Gasteiger partial charge is 0.124 e. The average molecular weight is 719 g/mol. The molecule has 0 aliphatic heterocycles. The Balaban J connectivity index is 0.000000141. The summed E-state index contributed by atoms with van der Waals surface area (Å²) < 4.78 is 127. The van der Waals surface area contributed by atoms with Gasteiger partial charge in [-0.3, -0.25) is 0 Å². The molecule has 46 heavy (non-hydrogen) atoms. The molecule has 0 saturated heterocycles. The van der Waals surface area contributed by atoms with Gasteiger partial charge in [0, 0.05) is 0 Å². The van der Waals surface area contributed by atoms with Crippen molar-refractivity contribution in [2.75, 3.05) is 0 Å². The van der Waals surface area contributed by atoms with Gasteiger partial charge in [-0.15, -0.1) is 0 Å². The van der Waals surface area contributed by atoms with Crippen molar-refractivity contribution in [1.29, 1.82) is 0 Å². The highest BCUT2D eigenvalue weighted by atomic mass is 32.2. The van der Waals surface area contributed by atoms with Gasteiger partial charge in [-0.25, -0.2) is 33.7 Å². The van der Waals surface area contributed by atoms with Crippen LogP contribution >= 0.6 is 0 Å². The maximum Gasteiger partial charge on any atom is 0.124 e. The summed E-state index contributed by atoms with van der Waals surface area (Å²) >= 11 is 0. The van der Waals surface area contributed by atoms with Crippen molar-refractivity contribution in [3.63, 3.8) is 0 Å². The van der Waals surface area contributed by atoms with Gasteiger partial charge in [0.25, 0.3) is 0 Å². The lowest BCUT2D eigenvalue weighted by Crippen LogP contribution is -2.54. The van der Waals surface area contributed by atoms with E-state index in [0.717, 1.165) is 24.8 Å². The molecule has 0 heterocycles. The van der Waals surface area contributed by atoms with Crippen LogP contribution in [0.2, 0.25) is 0 Å². The Bertz CT molecular complexity index is 1750. The Labute approximate surface area is 272 Å². The van der Waals surface area contributed by atoms with Gasteiger partial charge in [0.2, 0.25) is 0 Å². The van der Waals surface area contributed by atoms with Crippen LogP contribution in [0.5, 0.6) is 0 Å². The summed E-state index contributed by atoms with van der Waals surface area (Å²) in [6.07, 6.45) is 9.20. The molecule has 8 rings (SSSR count). The second kappa shape index (κ2) is 13.9. The number of hydrogen-bond donors (Lipinski definition) is 0. The SMILES string of the molecule is Cc1ccc(S(=O)(=O)[O-])cc1.O=S(=O)([O-])C12CC3CC(CC(C3)C1)C2.O=S(=O)([O-])C1CC2CCC1C2.O=S(=O)([O-])c1ccccc1. The molecule has 258 valence electrons. The lowest BCUT2D eigenvalue weighted by Gasteiger charge is -2.57. The van der Waals surface area contributed by atoms with Gasteiger partial charge in [0.05, 0.1) is 29.9 Å². The Morgan fingerprint density at radius 1 is 0.565 bits per heavy atom. The van der Waals surface area contributed by atoms with Crippen LogP contribution in [0, 0.1) is 36.5 Å². The molecule has 0 N–H and O–H groups in total. The minimum atomic E-state index is -4.27. The summed E-state index contributed by atoms with van der Waals surface area (Å²) in [4.78, 5) is -0.363. The summed E-state index contributed by atoms with van der Waals surface area (Å²) in [5.41, 5.74) is 0.928. The van der Waals surface area contributed by atoms with E-state index in [9.17, 15) is 51.9 Å². The minimum absolute atomic E-state index is 0.178. The van der Waals surface area contributed by atoms with Gasteiger partial charge < -0.3 is 18.2 Å². The largest absolute Gasteiger partial charge is 0.748 e. The van der Waals surface area contributed by atoms with E-state index in [-0.39, 0.29) is 15.7 Å². The van der Waals surface area contributed by atoms with Crippen molar-refractivity contribution in [3.8, 4) is 0 Å². The van der Waals surface area contributed by atoms with Crippen LogP contribution in [-0.2, 0) is 40.5 Å². The second-order valence-corrected chi connectivity index (χ2v) is 19.4. The van der Waals surface area contributed by atoms with E-state index in [4.69, 9.17) is 0 Å². The standard InChI is InChI=1S/C10H16O3S.C7H12O3S.C7H8O3S.C6H6O3S/c11-14(12,13)10-4-7-1-8(5-10)3-9(2-7)6-10;8-11(9,10)7-4-5-1-2-6(7)3-5;1-6-2-4-7(5-3-6)11(8,9)10;7-10(8,9)6-4-2-1-3-5-6/h7-9H,1-6H2,(H,11,12,13);5-7H,1-4H2,(H,8,9,10);2-5H,1H3,(H,8,9,10);1-5H,(H,7,8,9)/p-4. The first-order chi connectivity index (χ1) is 21.2. The number of aryl methyl sites for hydroxylation is 1. The highest BCUT2D eigenvalue weighted by Gasteiger charge is 2.54. The Kier molecular flexibility index (Phi) is 11.2. The molecule has 6 fully saturated rings. The first kappa shape index (κ1) is 36.9. The molecule has 0 radical (unpaired) electrons. The number of fused-ring (bicyclic) bond motifs is 2. The molecular weight excluding hydrogens is 681 g/mol. The Morgan fingerprint density at radius 2 is 1.02 bits per heavy atom. The van der Waals surface area contributed by atoms with E-state index in [0.29, 0.717) is 49.4 Å². The summed E-state index contributed by atoms with van der Waals surface area (Å²) in [7, 11) is -16.6. The third-order valence-corrected chi connectivity index (χ3v) is 14.5. The van der Waals surface area contributed by atoms with Crippen LogP contribution in [0.1, 0.15) is 69.8 Å². The molecule has 12 nitrogen and oxygen atoms in total. The molecule has 0 aromatic heterocycles. The van der Waals surface area contributed by atoms with E-state index in [1.54, 1.807) is 18.2 Å².